The van der Waals surface area contributed by atoms with Crippen LogP contribution in [0.3, 0.4) is 0 Å². The number of hydrogen-bond donors (Lipinski definition) is 0. The molecule has 2 aromatic heterocycles. The Hall–Kier alpha value is -1.40. The Morgan fingerprint density at radius 1 is 1.12 bits per heavy atom. The molecule has 4 nitrogen and oxygen atoms in total. The number of aromatic nitrogens is 2. The van der Waals surface area contributed by atoms with Crippen LogP contribution in [0.25, 0.3) is 0 Å². The quantitative estimate of drug-likeness (QED) is 0.833. The van der Waals surface area contributed by atoms with Gasteiger partial charge in [0, 0.05) is 29.6 Å². The van der Waals surface area contributed by atoms with Crippen LogP contribution in [0.1, 0.15) is 68.1 Å². The molecule has 0 aromatic carbocycles. The third-order valence-corrected chi connectivity index (χ3v) is 7.34. The smallest absolute Gasteiger partial charge is 0.177 e. The lowest BCUT2D eigenvalue weighted by Crippen LogP contribution is -2.22. The Balaban J connectivity index is 1.50. The summed E-state index contributed by atoms with van der Waals surface area (Å²) >= 11 is 3.21. The Bertz CT molecular complexity index is 821. The van der Waals surface area contributed by atoms with E-state index in [1.165, 1.54) is 11.3 Å². The second-order valence-corrected chi connectivity index (χ2v) is 9.20. The summed E-state index contributed by atoms with van der Waals surface area (Å²) in [5.74, 6) is 0.932. The first-order chi connectivity index (χ1) is 11.5. The number of rotatable bonds is 3. The molecule has 2 heterocycles. The minimum absolute atomic E-state index is 0.0786. The molecule has 2 aliphatic rings. The maximum Gasteiger partial charge on any atom is 0.177 e. The molecular weight excluding hydrogens is 340 g/mol. The van der Waals surface area contributed by atoms with Crippen molar-refractivity contribution in [2.45, 2.75) is 58.3 Å². The third kappa shape index (κ3) is 2.86. The van der Waals surface area contributed by atoms with E-state index in [1.54, 1.807) is 11.3 Å². The number of thiazole rings is 2. The van der Waals surface area contributed by atoms with Crippen molar-refractivity contribution < 1.29 is 9.59 Å². The molecule has 0 saturated heterocycles. The number of hydrogen-bond acceptors (Lipinski definition) is 6. The number of carbonyl (C=O) groups is 2. The molecule has 0 aliphatic heterocycles. The maximum atomic E-state index is 12.7. The molecule has 0 N–H and O–H groups in total. The van der Waals surface area contributed by atoms with Crippen LogP contribution in [0.5, 0.6) is 0 Å². The Morgan fingerprint density at radius 3 is 2.79 bits per heavy atom. The average molecular weight is 361 g/mol. The Morgan fingerprint density at radius 2 is 1.96 bits per heavy atom. The first-order valence-corrected chi connectivity index (χ1v) is 10.1. The van der Waals surface area contributed by atoms with Crippen LogP contribution in [0.2, 0.25) is 0 Å². The lowest BCUT2D eigenvalue weighted by Gasteiger charge is -2.22. The highest BCUT2D eigenvalue weighted by Gasteiger charge is 2.32. The van der Waals surface area contributed by atoms with Crippen molar-refractivity contribution >= 4 is 34.2 Å². The standard InChI is InChI=1S/C18H20N2O2S2/c1-9(18-20-13-6-4-12(21)8-15(13)24-18)7-11-3-5-14-17(16(11)22)23-10(2)19-14/h9,11H,3-8H2,1-2H3. The Kier molecular flexibility index (Phi) is 4.12. The van der Waals surface area contributed by atoms with Crippen molar-refractivity contribution in [3.8, 4) is 0 Å². The van der Waals surface area contributed by atoms with Gasteiger partial charge in [-0.2, -0.15) is 0 Å². The first-order valence-electron chi connectivity index (χ1n) is 8.52. The second kappa shape index (κ2) is 6.15. The van der Waals surface area contributed by atoms with Crippen molar-refractivity contribution in [3.63, 3.8) is 0 Å². The molecule has 24 heavy (non-hydrogen) atoms. The molecule has 0 amide bonds. The van der Waals surface area contributed by atoms with Crippen molar-refractivity contribution in [1.82, 2.24) is 9.97 Å². The minimum atomic E-state index is 0.0786. The summed E-state index contributed by atoms with van der Waals surface area (Å²) in [7, 11) is 0. The molecule has 0 radical (unpaired) electrons. The van der Waals surface area contributed by atoms with Crippen LogP contribution in [-0.4, -0.2) is 21.5 Å². The van der Waals surface area contributed by atoms with E-state index in [1.807, 2.05) is 6.92 Å². The van der Waals surface area contributed by atoms with E-state index in [9.17, 15) is 9.59 Å². The van der Waals surface area contributed by atoms with Gasteiger partial charge in [-0.05, 0) is 32.6 Å². The molecule has 0 fully saturated rings. The van der Waals surface area contributed by atoms with E-state index in [0.717, 1.165) is 56.8 Å². The summed E-state index contributed by atoms with van der Waals surface area (Å²) in [6, 6.07) is 0. The van der Waals surface area contributed by atoms with Gasteiger partial charge in [-0.1, -0.05) is 6.92 Å². The zero-order chi connectivity index (χ0) is 16.8. The van der Waals surface area contributed by atoms with Gasteiger partial charge in [-0.25, -0.2) is 9.97 Å². The normalized spacial score (nSPS) is 21.5. The van der Waals surface area contributed by atoms with Crippen LogP contribution in [0, 0.1) is 12.8 Å². The SMILES string of the molecule is Cc1nc2c(s1)C(=O)C(CC(C)c1nc3c(s1)CC(=O)CC3)CC2. The molecular formula is C18H20N2O2S2. The van der Waals surface area contributed by atoms with Crippen molar-refractivity contribution in [3.05, 3.63) is 31.2 Å². The first kappa shape index (κ1) is 16.1. The van der Waals surface area contributed by atoms with Crippen LogP contribution < -0.4 is 0 Å². The molecule has 2 unspecified atom stereocenters. The summed E-state index contributed by atoms with van der Waals surface area (Å²) < 4.78 is 0. The maximum absolute atomic E-state index is 12.7. The number of fused-ring (bicyclic) bond motifs is 2. The predicted molar refractivity (Wildman–Crippen MR) is 95.2 cm³/mol. The topological polar surface area (TPSA) is 59.9 Å². The van der Waals surface area contributed by atoms with Gasteiger partial charge in [0.15, 0.2) is 5.78 Å². The fourth-order valence-electron chi connectivity index (χ4n) is 3.68. The van der Waals surface area contributed by atoms with Gasteiger partial charge >= 0.3 is 0 Å². The number of nitrogens with zero attached hydrogens (tertiary/aromatic N) is 2. The van der Waals surface area contributed by atoms with Gasteiger partial charge in [0.2, 0.25) is 0 Å². The summed E-state index contributed by atoms with van der Waals surface area (Å²) in [6.45, 7) is 4.13. The average Bonchev–Trinajstić information content (AvgIpc) is 3.13. The molecule has 0 saturated carbocycles. The Labute approximate surface area is 149 Å². The summed E-state index contributed by atoms with van der Waals surface area (Å²) in [6.07, 6.45) is 4.60. The van der Waals surface area contributed by atoms with E-state index in [0.29, 0.717) is 18.6 Å². The number of carbonyl (C=O) groups excluding carboxylic acids is 2. The molecule has 126 valence electrons. The minimum Gasteiger partial charge on any atom is -0.299 e. The zero-order valence-corrected chi connectivity index (χ0v) is 15.6. The lowest BCUT2D eigenvalue weighted by molar-refractivity contribution is -0.118. The number of Topliss-reactive ketones (excluding diaryl/α,β-unsaturated/α-hetero) is 2. The largest absolute Gasteiger partial charge is 0.299 e. The second-order valence-electron chi connectivity index (χ2n) is 6.88. The van der Waals surface area contributed by atoms with E-state index in [-0.39, 0.29) is 17.6 Å². The summed E-state index contributed by atoms with van der Waals surface area (Å²) in [4.78, 5) is 35.6. The monoisotopic (exact) mass is 360 g/mol. The van der Waals surface area contributed by atoms with Crippen LogP contribution in [0.15, 0.2) is 0 Å². The van der Waals surface area contributed by atoms with Gasteiger partial charge < -0.3 is 0 Å². The van der Waals surface area contributed by atoms with Gasteiger partial charge in [0.25, 0.3) is 0 Å². The van der Waals surface area contributed by atoms with Gasteiger partial charge in [-0.15, -0.1) is 22.7 Å². The highest BCUT2D eigenvalue weighted by atomic mass is 32.1. The molecule has 2 atom stereocenters. The molecule has 2 aliphatic carbocycles. The summed E-state index contributed by atoms with van der Waals surface area (Å²) in [5, 5.41) is 2.08. The zero-order valence-electron chi connectivity index (χ0n) is 13.9. The summed E-state index contributed by atoms with van der Waals surface area (Å²) in [5.41, 5.74) is 2.10. The number of aryl methyl sites for hydroxylation is 3. The highest BCUT2D eigenvalue weighted by Crippen LogP contribution is 2.37. The van der Waals surface area contributed by atoms with Crippen LogP contribution in [0.4, 0.5) is 0 Å². The third-order valence-electron chi connectivity index (χ3n) is 4.98. The highest BCUT2D eigenvalue weighted by molar-refractivity contribution is 7.13. The van der Waals surface area contributed by atoms with Gasteiger partial charge in [0.1, 0.15) is 5.78 Å². The van der Waals surface area contributed by atoms with Crippen molar-refractivity contribution in [2.75, 3.05) is 0 Å². The van der Waals surface area contributed by atoms with Crippen molar-refractivity contribution in [1.29, 1.82) is 0 Å². The predicted octanol–water partition coefficient (Wildman–Crippen LogP) is 3.90. The van der Waals surface area contributed by atoms with Crippen molar-refractivity contribution in [2.24, 2.45) is 5.92 Å². The molecule has 2 aromatic rings. The fourth-order valence-corrected chi connectivity index (χ4v) is 5.87. The number of ketones is 2. The van der Waals surface area contributed by atoms with E-state index < -0.39 is 0 Å². The molecule has 0 bridgehead atoms. The van der Waals surface area contributed by atoms with Crippen LogP contribution in [-0.2, 0) is 24.1 Å². The van der Waals surface area contributed by atoms with Gasteiger partial charge in [-0.3, -0.25) is 9.59 Å². The fraction of sp³-hybridized carbons (Fsp3) is 0.556. The van der Waals surface area contributed by atoms with Crippen LogP contribution >= 0.6 is 22.7 Å². The molecule has 6 heteroatoms. The molecule has 4 rings (SSSR count). The van der Waals surface area contributed by atoms with E-state index in [4.69, 9.17) is 4.98 Å². The molecule has 0 spiro atoms. The lowest BCUT2D eigenvalue weighted by atomic mass is 9.83. The van der Waals surface area contributed by atoms with Gasteiger partial charge in [0.05, 0.1) is 26.3 Å². The van der Waals surface area contributed by atoms with E-state index >= 15 is 0 Å². The van der Waals surface area contributed by atoms with E-state index in [2.05, 4.69) is 11.9 Å².